The molecule has 30 heavy (non-hydrogen) atoms. The molecule has 2 aromatic carbocycles. The molecule has 0 aromatic heterocycles. The Balaban J connectivity index is 1.93. The van der Waals surface area contributed by atoms with Crippen LogP contribution < -0.4 is 10.6 Å². The van der Waals surface area contributed by atoms with Crippen molar-refractivity contribution in [2.75, 3.05) is 10.6 Å². The van der Waals surface area contributed by atoms with Gasteiger partial charge >= 0.3 is 0 Å². The van der Waals surface area contributed by atoms with Crippen LogP contribution in [0.1, 0.15) is 49.4 Å². The summed E-state index contributed by atoms with van der Waals surface area (Å²) in [5.74, 6) is 0.0464. The van der Waals surface area contributed by atoms with E-state index in [-0.39, 0.29) is 21.9 Å². The number of benzene rings is 2. The van der Waals surface area contributed by atoms with Crippen molar-refractivity contribution in [2.24, 2.45) is 5.41 Å². The standard InChI is InChI=1S/C23H24ClN3O3/c1-12-7-16-17(8-13(12)2)26-22(14-5-6-15(24)19(9-14)27(29)30)21-18(25-16)10-23(3,4)11-20(21)28/h5-9,22,25-26H,10-11H2,1-4H3. The molecule has 2 aliphatic rings. The number of nitrogens with one attached hydrogen (secondary N) is 2. The Morgan fingerprint density at radius 1 is 1.10 bits per heavy atom. The number of hydrogen-bond donors (Lipinski definition) is 2. The van der Waals surface area contributed by atoms with E-state index in [1.54, 1.807) is 6.07 Å². The summed E-state index contributed by atoms with van der Waals surface area (Å²) in [7, 11) is 0. The van der Waals surface area contributed by atoms with Gasteiger partial charge in [-0.2, -0.15) is 0 Å². The number of aryl methyl sites for hydroxylation is 2. The number of halogens is 1. The highest BCUT2D eigenvalue weighted by Crippen LogP contribution is 2.46. The van der Waals surface area contributed by atoms with E-state index in [1.807, 2.05) is 19.9 Å². The van der Waals surface area contributed by atoms with Gasteiger partial charge < -0.3 is 10.6 Å². The van der Waals surface area contributed by atoms with Gasteiger partial charge in [-0.3, -0.25) is 14.9 Å². The Hall–Kier alpha value is -2.86. The minimum atomic E-state index is -0.504. The van der Waals surface area contributed by atoms with Crippen LogP contribution in [0.4, 0.5) is 17.1 Å². The summed E-state index contributed by atoms with van der Waals surface area (Å²) >= 11 is 6.03. The van der Waals surface area contributed by atoms with E-state index < -0.39 is 11.0 Å². The molecular weight excluding hydrogens is 402 g/mol. The molecule has 2 aromatic rings. The maximum atomic E-state index is 13.3. The van der Waals surface area contributed by atoms with Gasteiger partial charge in [0.15, 0.2) is 5.78 Å². The SMILES string of the molecule is Cc1cc2c(cc1C)NC(c1ccc(Cl)c([N+](=O)[O-])c1)C1=C(CC(C)(C)CC1=O)N2. The topological polar surface area (TPSA) is 84.3 Å². The molecule has 1 atom stereocenters. The lowest BCUT2D eigenvalue weighted by molar-refractivity contribution is -0.384. The van der Waals surface area contributed by atoms with Crippen molar-refractivity contribution in [3.8, 4) is 0 Å². The number of allylic oxidation sites excluding steroid dienone is 1. The van der Waals surface area contributed by atoms with Crippen LogP contribution in [0.15, 0.2) is 41.6 Å². The summed E-state index contributed by atoms with van der Waals surface area (Å²) in [5, 5.41) is 18.5. The molecule has 0 amide bonds. The van der Waals surface area contributed by atoms with Crippen molar-refractivity contribution in [3.63, 3.8) is 0 Å². The lowest BCUT2D eigenvalue weighted by Crippen LogP contribution is -2.31. The minimum Gasteiger partial charge on any atom is -0.372 e. The third-order valence-electron chi connectivity index (χ3n) is 5.93. The zero-order valence-corrected chi connectivity index (χ0v) is 18.2. The number of nitro groups is 1. The third kappa shape index (κ3) is 3.56. The van der Waals surface area contributed by atoms with Gasteiger partial charge in [0.1, 0.15) is 5.02 Å². The molecule has 156 valence electrons. The van der Waals surface area contributed by atoms with Crippen LogP contribution in [0.3, 0.4) is 0 Å². The van der Waals surface area contributed by atoms with E-state index in [9.17, 15) is 14.9 Å². The molecule has 0 radical (unpaired) electrons. The zero-order chi connectivity index (χ0) is 21.8. The maximum absolute atomic E-state index is 13.3. The lowest BCUT2D eigenvalue weighted by Gasteiger charge is -2.34. The number of carbonyl (C=O) groups excluding carboxylic acids is 1. The summed E-state index contributed by atoms with van der Waals surface area (Å²) in [6.45, 7) is 8.25. The summed E-state index contributed by atoms with van der Waals surface area (Å²) < 4.78 is 0. The molecule has 0 saturated carbocycles. The maximum Gasteiger partial charge on any atom is 0.288 e. The Morgan fingerprint density at radius 3 is 2.43 bits per heavy atom. The first-order valence-electron chi connectivity index (χ1n) is 9.90. The molecule has 2 N–H and O–H groups in total. The van der Waals surface area contributed by atoms with Gasteiger partial charge in [-0.15, -0.1) is 0 Å². The van der Waals surface area contributed by atoms with E-state index in [2.05, 4.69) is 30.5 Å². The highest BCUT2D eigenvalue weighted by Gasteiger charge is 2.39. The van der Waals surface area contributed by atoms with Crippen LogP contribution in [0.5, 0.6) is 0 Å². The second-order valence-electron chi connectivity index (χ2n) is 8.99. The molecule has 0 fully saturated rings. The molecule has 0 bridgehead atoms. The largest absolute Gasteiger partial charge is 0.372 e. The highest BCUT2D eigenvalue weighted by molar-refractivity contribution is 6.32. The molecular formula is C23H24ClN3O3. The lowest BCUT2D eigenvalue weighted by atomic mass is 9.73. The number of ketones is 1. The van der Waals surface area contributed by atoms with Crippen molar-refractivity contribution < 1.29 is 9.72 Å². The van der Waals surface area contributed by atoms with Crippen LogP contribution >= 0.6 is 11.6 Å². The van der Waals surface area contributed by atoms with Crippen molar-refractivity contribution in [1.29, 1.82) is 0 Å². The Kier molecular flexibility index (Phi) is 4.85. The van der Waals surface area contributed by atoms with Crippen LogP contribution in [-0.4, -0.2) is 10.7 Å². The van der Waals surface area contributed by atoms with E-state index >= 15 is 0 Å². The van der Waals surface area contributed by atoms with E-state index in [1.165, 1.54) is 12.1 Å². The Bertz CT molecular complexity index is 1120. The molecule has 1 aliphatic heterocycles. The van der Waals surface area contributed by atoms with Crippen molar-refractivity contribution in [3.05, 3.63) is 73.4 Å². The predicted octanol–water partition coefficient (Wildman–Crippen LogP) is 6.09. The second-order valence-corrected chi connectivity index (χ2v) is 9.39. The van der Waals surface area contributed by atoms with E-state index in [4.69, 9.17) is 11.6 Å². The fourth-order valence-corrected chi connectivity index (χ4v) is 4.50. The number of rotatable bonds is 2. The number of fused-ring (bicyclic) bond motifs is 1. The van der Waals surface area contributed by atoms with Gasteiger partial charge in [-0.25, -0.2) is 0 Å². The number of Topliss-reactive ketones (excluding diaryl/α,β-unsaturated/α-hetero) is 1. The van der Waals surface area contributed by atoms with Crippen molar-refractivity contribution >= 4 is 34.4 Å². The van der Waals surface area contributed by atoms with Gasteiger partial charge in [0, 0.05) is 23.8 Å². The molecule has 6 nitrogen and oxygen atoms in total. The summed E-state index contributed by atoms with van der Waals surface area (Å²) in [6, 6.07) is 8.34. The Labute approximate surface area is 180 Å². The van der Waals surface area contributed by atoms with E-state index in [0.29, 0.717) is 24.0 Å². The quantitative estimate of drug-likeness (QED) is 0.449. The van der Waals surface area contributed by atoms with Crippen LogP contribution in [0, 0.1) is 29.4 Å². The number of carbonyl (C=O) groups is 1. The predicted molar refractivity (Wildman–Crippen MR) is 119 cm³/mol. The highest BCUT2D eigenvalue weighted by atomic mass is 35.5. The monoisotopic (exact) mass is 425 g/mol. The van der Waals surface area contributed by atoms with Crippen molar-refractivity contribution in [2.45, 2.75) is 46.6 Å². The second kappa shape index (κ2) is 7.13. The zero-order valence-electron chi connectivity index (χ0n) is 17.4. The molecule has 0 spiro atoms. The number of nitro benzene ring substituents is 1. The normalized spacial score (nSPS) is 19.9. The molecule has 1 unspecified atom stereocenters. The third-order valence-corrected chi connectivity index (χ3v) is 6.25. The molecule has 0 saturated heterocycles. The molecule has 7 heteroatoms. The average Bonchev–Trinajstić information content (AvgIpc) is 2.78. The van der Waals surface area contributed by atoms with Crippen LogP contribution in [-0.2, 0) is 4.79 Å². The number of anilines is 2. The fraction of sp³-hybridized carbons (Fsp3) is 0.348. The van der Waals surface area contributed by atoms with E-state index in [0.717, 1.165) is 28.2 Å². The van der Waals surface area contributed by atoms with Crippen LogP contribution in [0.25, 0.3) is 0 Å². The minimum absolute atomic E-state index is 0.0464. The fourth-order valence-electron chi connectivity index (χ4n) is 4.31. The smallest absolute Gasteiger partial charge is 0.288 e. The molecule has 1 heterocycles. The van der Waals surface area contributed by atoms with Crippen LogP contribution in [0.2, 0.25) is 5.02 Å². The number of nitrogens with zero attached hydrogens (tertiary/aromatic N) is 1. The average molecular weight is 426 g/mol. The number of hydrogen-bond acceptors (Lipinski definition) is 5. The summed E-state index contributed by atoms with van der Waals surface area (Å²) in [5.41, 5.74) is 5.85. The van der Waals surface area contributed by atoms with Gasteiger partial charge in [-0.05, 0) is 60.6 Å². The Morgan fingerprint density at radius 2 is 1.77 bits per heavy atom. The van der Waals surface area contributed by atoms with Gasteiger partial charge in [0.2, 0.25) is 0 Å². The first kappa shape index (κ1) is 20.4. The first-order chi connectivity index (χ1) is 14.1. The van der Waals surface area contributed by atoms with Gasteiger partial charge in [0.25, 0.3) is 5.69 Å². The molecule has 4 rings (SSSR count). The van der Waals surface area contributed by atoms with Gasteiger partial charge in [0.05, 0.1) is 22.3 Å². The first-order valence-corrected chi connectivity index (χ1v) is 10.3. The van der Waals surface area contributed by atoms with Crippen molar-refractivity contribution in [1.82, 2.24) is 0 Å². The molecule has 1 aliphatic carbocycles. The summed E-state index contributed by atoms with van der Waals surface area (Å²) in [6.07, 6.45) is 1.14. The summed E-state index contributed by atoms with van der Waals surface area (Å²) in [4.78, 5) is 24.2. The van der Waals surface area contributed by atoms with Gasteiger partial charge in [-0.1, -0.05) is 31.5 Å².